The van der Waals surface area contributed by atoms with Gasteiger partial charge in [-0.1, -0.05) is 12.1 Å². The fraction of sp³-hybridized carbons (Fsp3) is 0.200. The van der Waals surface area contributed by atoms with E-state index in [1.165, 1.54) is 22.3 Å². The molecule has 0 bridgehead atoms. The van der Waals surface area contributed by atoms with Gasteiger partial charge >= 0.3 is 0 Å². The zero-order valence-electron chi connectivity index (χ0n) is 20.6. The number of hydrogen-bond donors (Lipinski definition) is 0. The number of rotatable bonds is 6. The van der Waals surface area contributed by atoms with Crippen molar-refractivity contribution in [3.8, 4) is 23.0 Å². The minimum absolute atomic E-state index is 0.728. The van der Waals surface area contributed by atoms with Crippen molar-refractivity contribution < 1.29 is 14.0 Å². The Morgan fingerprint density at radius 3 is 1.18 bits per heavy atom. The molecule has 0 aliphatic carbocycles. The van der Waals surface area contributed by atoms with Crippen LogP contribution in [-0.4, -0.2) is 0 Å². The van der Waals surface area contributed by atoms with Crippen molar-refractivity contribution in [3.05, 3.63) is 106 Å². The molecule has 0 fully saturated rings. The summed E-state index contributed by atoms with van der Waals surface area (Å²) in [5.41, 5.74) is 7.23. The molecule has 4 aromatic carbocycles. The second-order valence-corrected chi connectivity index (χ2v) is 10.4. The van der Waals surface area contributed by atoms with Crippen molar-refractivity contribution in [1.82, 2.24) is 0 Å². The molecule has 0 N–H and O–H groups in total. The van der Waals surface area contributed by atoms with E-state index < -0.39 is 7.80 Å². The summed E-state index contributed by atoms with van der Waals surface area (Å²) in [5.74, 6) is 3.14. The molecule has 0 saturated carbocycles. The van der Waals surface area contributed by atoms with Crippen LogP contribution in [0.4, 0.5) is 0 Å². The van der Waals surface area contributed by atoms with Gasteiger partial charge in [0.05, 0.1) is 0 Å². The molecule has 1 radical (unpaired) electrons. The summed E-state index contributed by atoms with van der Waals surface area (Å²) in [5, 5.41) is 1.52. The van der Waals surface area contributed by atoms with Gasteiger partial charge in [-0.25, -0.2) is 0 Å². The summed E-state index contributed by atoms with van der Waals surface area (Å²) in [4.78, 5) is 0. The van der Waals surface area contributed by atoms with Crippen molar-refractivity contribution in [3.63, 3.8) is 0 Å². The van der Waals surface area contributed by atoms with Crippen LogP contribution in [0.15, 0.2) is 72.8 Å². The Bertz CT molecular complexity index is 1250. The molecular formula is C30H30O3P. The maximum Gasteiger partial charge on any atom is 0.136 e. The molecule has 0 unspecified atom stereocenters. The van der Waals surface area contributed by atoms with Crippen LogP contribution in [-0.2, 0) is 4.57 Å². The minimum Gasteiger partial charge on any atom is -0.457 e. The fourth-order valence-electron chi connectivity index (χ4n) is 3.79. The lowest BCUT2D eigenvalue weighted by Gasteiger charge is -2.13. The van der Waals surface area contributed by atoms with E-state index in [0.29, 0.717) is 0 Å². The average Bonchev–Trinajstić information content (AvgIpc) is 2.85. The van der Waals surface area contributed by atoms with Crippen LogP contribution in [0.1, 0.15) is 33.4 Å². The quantitative estimate of drug-likeness (QED) is 0.269. The Morgan fingerprint density at radius 1 is 0.471 bits per heavy atom. The highest BCUT2D eigenvalue weighted by Crippen LogP contribution is 2.31. The van der Waals surface area contributed by atoms with Crippen molar-refractivity contribution in [1.29, 1.82) is 0 Å². The van der Waals surface area contributed by atoms with E-state index in [4.69, 9.17) is 9.47 Å². The van der Waals surface area contributed by atoms with Gasteiger partial charge in [0.2, 0.25) is 0 Å². The molecule has 0 aromatic heterocycles. The molecule has 0 saturated heterocycles. The number of aryl methyl sites for hydroxylation is 2. The molecule has 0 heterocycles. The third-order valence-corrected chi connectivity index (χ3v) is 8.15. The van der Waals surface area contributed by atoms with Gasteiger partial charge < -0.3 is 9.47 Å². The first-order valence-electron chi connectivity index (χ1n) is 11.4. The first-order valence-corrected chi connectivity index (χ1v) is 12.7. The first-order chi connectivity index (χ1) is 16.2. The van der Waals surface area contributed by atoms with Crippen molar-refractivity contribution in [2.75, 3.05) is 0 Å². The molecule has 3 nitrogen and oxygen atoms in total. The van der Waals surface area contributed by atoms with E-state index in [1.54, 1.807) is 0 Å². The third kappa shape index (κ3) is 4.90. The number of ether oxygens (including phenoxy) is 2. The average molecular weight is 470 g/mol. The molecule has 0 spiro atoms. The van der Waals surface area contributed by atoms with E-state index in [9.17, 15) is 4.57 Å². The SMILES string of the molecule is Cc1ccc(Oc2ccc([P](=O)c3ccc(Oc4ccc(C)c(C)c4C)cc3)cc2)c(C)c1C. The van der Waals surface area contributed by atoms with Crippen LogP contribution in [0.3, 0.4) is 0 Å². The van der Waals surface area contributed by atoms with Crippen LogP contribution in [0.25, 0.3) is 0 Å². The molecule has 173 valence electrons. The maximum atomic E-state index is 13.1. The lowest BCUT2D eigenvalue weighted by atomic mass is 10.0. The third-order valence-electron chi connectivity index (χ3n) is 6.61. The van der Waals surface area contributed by atoms with Gasteiger partial charge in [0.15, 0.2) is 0 Å². The highest BCUT2D eigenvalue weighted by atomic mass is 31.1. The van der Waals surface area contributed by atoms with Crippen LogP contribution in [0.5, 0.6) is 23.0 Å². The smallest absolute Gasteiger partial charge is 0.136 e. The maximum absolute atomic E-state index is 13.1. The van der Waals surface area contributed by atoms with E-state index in [0.717, 1.165) is 44.7 Å². The standard InChI is InChI=1S/C30H30O3P/c1-19-7-17-29(23(5)21(19)3)32-25-9-13-27(14-10-25)34(31)28-15-11-26(12-16-28)33-30-18-8-20(2)22(4)24(30)6/h7-18H,1-6H3. The van der Waals surface area contributed by atoms with Crippen LogP contribution in [0, 0.1) is 41.5 Å². The van der Waals surface area contributed by atoms with Crippen molar-refractivity contribution in [2.45, 2.75) is 41.5 Å². The zero-order chi connectivity index (χ0) is 24.4. The molecule has 0 amide bonds. The van der Waals surface area contributed by atoms with Crippen molar-refractivity contribution in [2.24, 2.45) is 0 Å². The van der Waals surface area contributed by atoms with Gasteiger partial charge in [0.25, 0.3) is 0 Å². The minimum atomic E-state index is -1.71. The molecule has 4 aromatic rings. The predicted octanol–water partition coefficient (Wildman–Crippen LogP) is 7.90. The van der Waals surface area contributed by atoms with Crippen LogP contribution >= 0.6 is 7.80 Å². The second-order valence-electron chi connectivity index (χ2n) is 8.75. The van der Waals surface area contributed by atoms with Crippen LogP contribution in [0.2, 0.25) is 0 Å². The topological polar surface area (TPSA) is 35.5 Å². The summed E-state index contributed by atoms with van der Waals surface area (Å²) in [6.45, 7) is 12.5. The molecule has 4 heteroatoms. The van der Waals surface area contributed by atoms with Gasteiger partial charge in [0, 0.05) is 10.6 Å². The van der Waals surface area contributed by atoms with Crippen molar-refractivity contribution >= 4 is 18.4 Å². The number of benzene rings is 4. The van der Waals surface area contributed by atoms with Gasteiger partial charge in [-0.3, -0.25) is 4.57 Å². The molecule has 0 aliphatic rings. The predicted molar refractivity (Wildman–Crippen MR) is 141 cm³/mol. The van der Waals surface area contributed by atoms with E-state index in [1.807, 2.05) is 60.7 Å². The lowest BCUT2D eigenvalue weighted by Crippen LogP contribution is -2.06. The summed E-state index contributed by atoms with van der Waals surface area (Å²) >= 11 is 0. The van der Waals surface area contributed by atoms with Gasteiger partial charge in [-0.2, -0.15) is 0 Å². The van der Waals surface area contributed by atoms with E-state index >= 15 is 0 Å². The van der Waals surface area contributed by atoms with Gasteiger partial charge in [0.1, 0.15) is 30.8 Å². The molecule has 0 aliphatic heterocycles. The Balaban J connectivity index is 1.46. The summed E-state index contributed by atoms with van der Waals surface area (Å²) in [6.07, 6.45) is 0. The highest BCUT2D eigenvalue weighted by Gasteiger charge is 2.11. The molecule has 4 rings (SSSR count). The Hall–Kier alpha value is -3.42. The van der Waals surface area contributed by atoms with Crippen LogP contribution < -0.4 is 20.1 Å². The Labute approximate surface area is 203 Å². The summed E-state index contributed by atoms with van der Waals surface area (Å²) in [6, 6.07) is 23.1. The zero-order valence-corrected chi connectivity index (χ0v) is 21.5. The number of hydrogen-bond acceptors (Lipinski definition) is 3. The summed E-state index contributed by atoms with van der Waals surface area (Å²) in [7, 11) is -1.71. The largest absolute Gasteiger partial charge is 0.457 e. The second kappa shape index (κ2) is 9.83. The highest BCUT2D eigenvalue weighted by molar-refractivity contribution is 7.61. The van der Waals surface area contributed by atoms with E-state index in [-0.39, 0.29) is 0 Å². The summed E-state index contributed by atoms with van der Waals surface area (Å²) < 4.78 is 25.3. The fourth-order valence-corrected chi connectivity index (χ4v) is 4.92. The molecule has 0 atom stereocenters. The first kappa shape index (κ1) is 23.7. The van der Waals surface area contributed by atoms with E-state index in [2.05, 4.69) is 53.7 Å². The molecular weight excluding hydrogens is 439 g/mol. The van der Waals surface area contributed by atoms with Gasteiger partial charge in [-0.05, 0) is 136 Å². The molecule has 34 heavy (non-hydrogen) atoms. The monoisotopic (exact) mass is 469 g/mol. The Morgan fingerprint density at radius 2 is 0.824 bits per heavy atom. The Kier molecular flexibility index (Phi) is 6.86. The lowest BCUT2D eigenvalue weighted by molar-refractivity contribution is 0.478. The van der Waals surface area contributed by atoms with Gasteiger partial charge in [-0.15, -0.1) is 0 Å². The normalized spacial score (nSPS) is 10.8.